The number of anilines is 1. The number of aromatic nitrogens is 3. The molecular weight excluding hydrogens is 366 g/mol. The van der Waals surface area contributed by atoms with Crippen LogP contribution in [-0.4, -0.2) is 33.5 Å². The van der Waals surface area contributed by atoms with Crippen LogP contribution >= 0.6 is 11.3 Å². The van der Waals surface area contributed by atoms with Crippen LogP contribution in [0.2, 0.25) is 0 Å². The minimum Gasteiger partial charge on any atom is -0.492 e. The van der Waals surface area contributed by atoms with Crippen molar-refractivity contribution in [2.24, 2.45) is 7.05 Å². The van der Waals surface area contributed by atoms with Gasteiger partial charge in [0.1, 0.15) is 5.75 Å². The number of carbonyl (C=O) groups is 1. The monoisotopic (exact) mass is 387 g/mol. The fourth-order valence-corrected chi connectivity index (χ4v) is 3.29. The number of ether oxygens (including phenoxy) is 1. The van der Waals surface area contributed by atoms with Crippen LogP contribution in [0.15, 0.2) is 46.6 Å². The van der Waals surface area contributed by atoms with E-state index in [0.29, 0.717) is 23.9 Å². The predicted octanol–water partition coefficient (Wildman–Crippen LogP) is 2.53. The molecule has 0 aliphatic carbocycles. The van der Waals surface area contributed by atoms with Gasteiger partial charge in [0.2, 0.25) is 0 Å². The number of hydrogen-bond acceptors (Lipinski definition) is 5. The van der Waals surface area contributed by atoms with E-state index in [1.807, 2.05) is 36.6 Å². The van der Waals surface area contributed by atoms with Crippen molar-refractivity contribution in [2.45, 2.75) is 13.5 Å². The maximum absolute atomic E-state index is 12.3. The number of thiophene rings is 1. The zero-order valence-corrected chi connectivity index (χ0v) is 16.0. The standard InChI is InChI=1S/C18H21N5O3S/c1-3-26-14-8-5-4-7-13(14)20-17(24)19-10-11-23-18(25)22(2)16(21-23)15-9-6-12-27-15/h4-9,12H,3,10-11H2,1-2H3,(H2,19,20,24). The van der Waals surface area contributed by atoms with Crippen LogP contribution in [0, 0.1) is 0 Å². The first-order chi connectivity index (χ1) is 13.1. The maximum Gasteiger partial charge on any atom is 0.346 e. The van der Waals surface area contributed by atoms with Gasteiger partial charge < -0.3 is 15.4 Å². The third-order valence-electron chi connectivity index (χ3n) is 3.83. The molecule has 0 saturated heterocycles. The minimum atomic E-state index is -0.371. The van der Waals surface area contributed by atoms with E-state index < -0.39 is 0 Å². The van der Waals surface area contributed by atoms with Crippen LogP contribution in [0.4, 0.5) is 10.5 Å². The zero-order valence-electron chi connectivity index (χ0n) is 15.1. The zero-order chi connectivity index (χ0) is 19.2. The van der Waals surface area contributed by atoms with E-state index in [1.54, 1.807) is 19.2 Å². The Labute approximate surface area is 160 Å². The van der Waals surface area contributed by atoms with Crippen molar-refractivity contribution in [1.82, 2.24) is 19.7 Å². The van der Waals surface area contributed by atoms with Crippen LogP contribution in [-0.2, 0) is 13.6 Å². The first-order valence-electron chi connectivity index (χ1n) is 8.54. The van der Waals surface area contributed by atoms with Crippen molar-refractivity contribution in [1.29, 1.82) is 0 Å². The minimum absolute atomic E-state index is 0.220. The van der Waals surface area contributed by atoms with Crippen molar-refractivity contribution in [3.63, 3.8) is 0 Å². The molecule has 0 fully saturated rings. The topological polar surface area (TPSA) is 90.2 Å². The Morgan fingerprint density at radius 1 is 1.26 bits per heavy atom. The molecule has 0 aliphatic rings. The summed E-state index contributed by atoms with van der Waals surface area (Å²) in [7, 11) is 1.69. The molecule has 0 atom stereocenters. The summed E-state index contributed by atoms with van der Waals surface area (Å²) in [6, 6.07) is 10.7. The largest absolute Gasteiger partial charge is 0.492 e. The number of nitrogens with zero attached hydrogens (tertiary/aromatic N) is 3. The highest BCUT2D eigenvalue weighted by Gasteiger charge is 2.13. The second-order valence-electron chi connectivity index (χ2n) is 5.68. The van der Waals surface area contributed by atoms with Crippen LogP contribution in [0.3, 0.4) is 0 Å². The molecule has 9 heteroatoms. The van der Waals surface area contributed by atoms with E-state index >= 15 is 0 Å². The van der Waals surface area contributed by atoms with E-state index in [0.717, 1.165) is 4.88 Å². The summed E-state index contributed by atoms with van der Waals surface area (Å²) in [5.41, 5.74) is 0.370. The second-order valence-corrected chi connectivity index (χ2v) is 6.62. The molecule has 0 spiro atoms. The third-order valence-corrected chi connectivity index (χ3v) is 4.69. The summed E-state index contributed by atoms with van der Waals surface area (Å²) < 4.78 is 8.33. The summed E-state index contributed by atoms with van der Waals surface area (Å²) in [6.45, 7) is 2.93. The SMILES string of the molecule is CCOc1ccccc1NC(=O)NCCn1nc(-c2cccs2)n(C)c1=O. The Morgan fingerprint density at radius 3 is 2.81 bits per heavy atom. The summed E-state index contributed by atoms with van der Waals surface area (Å²) in [5.74, 6) is 1.22. The van der Waals surface area contributed by atoms with Gasteiger partial charge in [-0.2, -0.15) is 0 Å². The van der Waals surface area contributed by atoms with Crippen LogP contribution in [0.25, 0.3) is 10.7 Å². The highest BCUT2D eigenvalue weighted by atomic mass is 32.1. The van der Waals surface area contributed by atoms with Crippen molar-refractivity contribution < 1.29 is 9.53 Å². The number of para-hydroxylation sites is 2. The van der Waals surface area contributed by atoms with E-state index in [-0.39, 0.29) is 24.8 Å². The molecule has 0 radical (unpaired) electrons. The highest BCUT2D eigenvalue weighted by molar-refractivity contribution is 7.13. The molecule has 0 bridgehead atoms. The number of carbonyl (C=O) groups excluding carboxylic acids is 1. The van der Waals surface area contributed by atoms with Gasteiger partial charge in [-0.3, -0.25) is 4.57 Å². The Bertz CT molecular complexity index is 962. The van der Waals surface area contributed by atoms with Crippen LogP contribution in [0.1, 0.15) is 6.92 Å². The molecular formula is C18H21N5O3S. The molecule has 3 aromatic rings. The summed E-state index contributed by atoms with van der Waals surface area (Å²) in [4.78, 5) is 25.3. The number of urea groups is 1. The van der Waals surface area contributed by atoms with Gasteiger partial charge in [0.25, 0.3) is 0 Å². The number of rotatable bonds is 7. The van der Waals surface area contributed by atoms with Gasteiger partial charge in [-0.05, 0) is 30.5 Å². The predicted molar refractivity (Wildman–Crippen MR) is 105 cm³/mol. The molecule has 2 amide bonds. The molecule has 27 heavy (non-hydrogen) atoms. The third kappa shape index (κ3) is 4.37. The summed E-state index contributed by atoms with van der Waals surface area (Å²) in [6.07, 6.45) is 0. The lowest BCUT2D eigenvalue weighted by molar-refractivity contribution is 0.251. The van der Waals surface area contributed by atoms with Gasteiger partial charge in [0, 0.05) is 13.6 Å². The molecule has 8 nitrogen and oxygen atoms in total. The van der Waals surface area contributed by atoms with E-state index in [9.17, 15) is 9.59 Å². The highest BCUT2D eigenvalue weighted by Crippen LogP contribution is 2.23. The van der Waals surface area contributed by atoms with Gasteiger partial charge >= 0.3 is 11.7 Å². The summed E-state index contributed by atoms with van der Waals surface area (Å²) >= 11 is 1.52. The molecule has 1 aromatic carbocycles. The smallest absolute Gasteiger partial charge is 0.346 e. The van der Waals surface area contributed by atoms with E-state index in [1.165, 1.54) is 20.6 Å². The van der Waals surface area contributed by atoms with Crippen molar-refractivity contribution in [3.05, 3.63) is 52.3 Å². The number of benzene rings is 1. The summed E-state index contributed by atoms with van der Waals surface area (Å²) in [5, 5.41) is 11.8. The molecule has 2 heterocycles. The van der Waals surface area contributed by atoms with Gasteiger partial charge in [-0.25, -0.2) is 14.3 Å². The first-order valence-corrected chi connectivity index (χ1v) is 9.42. The van der Waals surface area contributed by atoms with Crippen molar-refractivity contribution in [2.75, 3.05) is 18.5 Å². The Morgan fingerprint density at radius 2 is 2.07 bits per heavy atom. The van der Waals surface area contributed by atoms with E-state index in [4.69, 9.17) is 4.74 Å². The van der Waals surface area contributed by atoms with E-state index in [2.05, 4.69) is 15.7 Å². The molecule has 142 valence electrons. The quantitative estimate of drug-likeness (QED) is 0.652. The molecule has 2 N–H and O–H groups in total. The lowest BCUT2D eigenvalue weighted by Gasteiger charge is -2.11. The maximum atomic E-state index is 12.3. The average Bonchev–Trinajstić information content (AvgIpc) is 3.28. The van der Waals surface area contributed by atoms with Gasteiger partial charge in [0.05, 0.1) is 23.7 Å². The van der Waals surface area contributed by atoms with Gasteiger partial charge in [-0.1, -0.05) is 18.2 Å². The van der Waals surface area contributed by atoms with Crippen molar-refractivity contribution >= 4 is 23.1 Å². The Hall–Kier alpha value is -3.07. The first kappa shape index (κ1) is 18.7. The molecule has 0 aliphatic heterocycles. The average molecular weight is 387 g/mol. The molecule has 0 unspecified atom stereocenters. The number of hydrogen-bond donors (Lipinski definition) is 2. The lowest BCUT2D eigenvalue weighted by Crippen LogP contribution is -2.34. The Balaban J connectivity index is 1.58. The second kappa shape index (κ2) is 8.54. The van der Waals surface area contributed by atoms with Crippen LogP contribution < -0.4 is 21.1 Å². The van der Waals surface area contributed by atoms with Crippen LogP contribution in [0.5, 0.6) is 5.75 Å². The lowest BCUT2D eigenvalue weighted by atomic mass is 10.3. The number of amides is 2. The normalized spacial score (nSPS) is 10.6. The molecule has 2 aromatic heterocycles. The fraction of sp³-hybridized carbons (Fsp3) is 0.278. The van der Waals surface area contributed by atoms with Crippen molar-refractivity contribution in [3.8, 4) is 16.5 Å². The molecule has 3 rings (SSSR count). The van der Waals surface area contributed by atoms with Gasteiger partial charge in [0.15, 0.2) is 5.82 Å². The number of nitrogens with one attached hydrogen (secondary N) is 2. The van der Waals surface area contributed by atoms with Gasteiger partial charge in [-0.15, -0.1) is 16.4 Å². The molecule has 0 saturated carbocycles. The Kier molecular flexibility index (Phi) is 5.92. The fourth-order valence-electron chi connectivity index (χ4n) is 2.55.